The fourth-order valence-corrected chi connectivity index (χ4v) is 2.60. The Hall–Kier alpha value is -1.19. The van der Waals surface area contributed by atoms with Gasteiger partial charge in [-0.25, -0.2) is 0 Å². The normalized spacial score (nSPS) is 28.6. The molecule has 1 aliphatic heterocycles. The first-order valence-electron chi connectivity index (χ1n) is 6.90. The Morgan fingerprint density at radius 2 is 2.00 bits per heavy atom. The van der Waals surface area contributed by atoms with Crippen molar-refractivity contribution in [2.75, 3.05) is 0 Å². The molecule has 2 rings (SSSR count). The summed E-state index contributed by atoms with van der Waals surface area (Å²) >= 11 is 0. The molecule has 0 spiro atoms. The maximum Gasteiger partial charge on any atom is 0.194 e. The number of rotatable bonds is 4. The third-order valence-corrected chi connectivity index (χ3v) is 3.90. The van der Waals surface area contributed by atoms with Crippen molar-refractivity contribution in [1.82, 2.24) is 0 Å². The van der Waals surface area contributed by atoms with Crippen molar-refractivity contribution in [1.29, 1.82) is 0 Å². The molecule has 0 aliphatic carbocycles. The molecule has 19 heavy (non-hydrogen) atoms. The molecular weight excluding hydrogens is 240 g/mol. The number of ether oxygens (including phenoxy) is 1. The standard InChI is InChI=1S/C16H22O3/c1-11(2)14(17)13-9-10-16(3,19-13)15(18)12-7-5-4-6-8-12/h4-8,11,13-14,17H,9-10H2,1-3H3/t13-,14+,16-/m0/s1. The van der Waals surface area contributed by atoms with E-state index in [1.54, 1.807) is 0 Å². The average Bonchev–Trinajstić information content (AvgIpc) is 2.81. The van der Waals surface area contributed by atoms with Crippen LogP contribution in [0.2, 0.25) is 0 Å². The van der Waals surface area contributed by atoms with Gasteiger partial charge in [0, 0.05) is 5.56 Å². The molecule has 0 radical (unpaired) electrons. The SMILES string of the molecule is CC(C)[C@@H](O)[C@@H]1CC[C@@](C)(C(=O)c2ccccc2)O1. The Kier molecular flexibility index (Phi) is 4.07. The van der Waals surface area contributed by atoms with Crippen LogP contribution in [0.3, 0.4) is 0 Å². The molecule has 3 heteroatoms. The smallest absolute Gasteiger partial charge is 0.194 e. The number of aliphatic hydroxyl groups excluding tert-OH is 1. The lowest BCUT2D eigenvalue weighted by atomic mass is 9.91. The van der Waals surface area contributed by atoms with Crippen molar-refractivity contribution in [2.24, 2.45) is 5.92 Å². The maximum atomic E-state index is 12.5. The van der Waals surface area contributed by atoms with Crippen LogP contribution in [0.4, 0.5) is 0 Å². The van der Waals surface area contributed by atoms with Crippen LogP contribution in [-0.4, -0.2) is 28.7 Å². The highest BCUT2D eigenvalue weighted by molar-refractivity contribution is 6.02. The first kappa shape index (κ1) is 14.2. The molecule has 0 amide bonds. The lowest BCUT2D eigenvalue weighted by molar-refractivity contribution is -0.0761. The summed E-state index contributed by atoms with van der Waals surface area (Å²) in [7, 11) is 0. The molecule has 1 aliphatic rings. The van der Waals surface area contributed by atoms with Gasteiger partial charge in [0.2, 0.25) is 0 Å². The second-order valence-corrected chi connectivity index (χ2v) is 5.86. The summed E-state index contributed by atoms with van der Waals surface area (Å²) in [4.78, 5) is 12.5. The zero-order valence-corrected chi connectivity index (χ0v) is 11.8. The van der Waals surface area contributed by atoms with Crippen LogP contribution in [0.1, 0.15) is 44.0 Å². The van der Waals surface area contributed by atoms with Crippen molar-refractivity contribution in [3.05, 3.63) is 35.9 Å². The molecule has 0 aromatic heterocycles. The minimum atomic E-state index is -0.804. The van der Waals surface area contributed by atoms with E-state index in [-0.39, 0.29) is 17.8 Å². The minimum Gasteiger partial charge on any atom is -0.390 e. The Bertz CT molecular complexity index is 441. The Morgan fingerprint density at radius 1 is 1.37 bits per heavy atom. The summed E-state index contributed by atoms with van der Waals surface area (Å²) < 4.78 is 5.89. The van der Waals surface area contributed by atoms with Gasteiger partial charge in [-0.1, -0.05) is 44.2 Å². The topological polar surface area (TPSA) is 46.5 Å². The van der Waals surface area contributed by atoms with E-state index in [9.17, 15) is 9.90 Å². The molecule has 0 unspecified atom stereocenters. The maximum absolute atomic E-state index is 12.5. The number of ketones is 1. The number of hydrogen-bond acceptors (Lipinski definition) is 3. The van der Waals surface area contributed by atoms with Crippen LogP contribution in [0.15, 0.2) is 30.3 Å². The molecule has 1 saturated heterocycles. The first-order chi connectivity index (χ1) is 8.94. The van der Waals surface area contributed by atoms with Crippen LogP contribution in [0, 0.1) is 5.92 Å². The molecule has 0 saturated carbocycles. The number of hydrogen-bond donors (Lipinski definition) is 1. The van der Waals surface area contributed by atoms with Gasteiger partial charge in [0.05, 0.1) is 12.2 Å². The highest BCUT2D eigenvalue weighted by Gasteiger charge is 2.45. The molecule has 1 heterocycles. The van der Waals surface area contributed by atoms with Gasteiger partial charge in [0.25, 0.3) is 0 Å². The first-order valence-corrected chi connectivity index (χ1v) is 6.90. The molecule has 3 atom stereocenters. The largest absolute Gasteiger partial charge is 0.390 e. The van der Waals surface area contributed by atoms with Gasteiger partial charge >= 0.3 is 0 Å². The summed E-state index contributed by atoms with van der Waals surface area (Å²) in [5.41, 5.74) is -0.133. The van der Waals surface area contributed by atoms with Crippen molar-refractivity contribution in [2.45, 2.75) is 51.4 Å². The van der Waals surface area contributed by atoms with Crippen molar-refractivity contribution >= 4 is 5.78 Å². The van der Waals surface area contributed by atoms with Crippen molar-refractivity contribution in [3.8, 4) is 0 Å². The molecular formula is C16H22O3. The Balaban J connectivity index is 2.11. The third-order valence-electron chi connectivity index (χ3n) is 3.90. The third kappa shape index (κ3) is 2.88. The average molecular weight is 262 g/mol. The number of benzene rings is 1. The summed E-state index contributed by atoms with van der Waals surface area (Å²) in [5.74, 6) is 0.144. The fourth-order valence-electron chi connectivity index (χ4n) is 2.60. The van der Waals surface area contributed by atoms with E-state index in [4.69, 9.17) is 4.74 Å². The number of carbonyl (C=O) groups excluding carboxylic acids is 1. The number of Topliss-reactive ketones (excluding diaryl/α,β-unsaturated/α-hetero) is 1. The zero-order valence-electron chi connectivity index (χ0n) is 11.8. The van der Waals surface area contributed by atoms with Crippen molar-refractivity contribution < 1.29 is 14.6 Å². The minimum absolute atomic E-state index is 0.00607. The van der Waals surface area contributed by atoms with Crippen molar-refractivity contribution in [3.63, 3.8) is 0 Å². The summed E-state index contributed by atoms with van der Waals surface area (Å²) in [6, 6.07) is 9.21. The molecule has 1 aromatic carbocycles. The van der Waals surface area contributed by atoms with Gasteiger partial charge in [-0.15, -0.1) is 0 Å². The predicted octanol–water partition coefficient (Wildman–Crippen LogP) is 2.82. The number of carbonyl (C=O) groups is 1. The van der Waals surface area contributed by atoms with E-state index in [1.165, 1.54) is 0 Å². The quantitative estimate of drug-likeness (QED) is 0.849. The Morgan fingerprint density at radius 3 is 2.58 bits per heavy atom. The predicted molar refractivity (Wildman–Crippen MR) is 74.1 cm³/mol. The fraction of sp³-hybridized carbons (Fsp3) is 0.562. The van der Waals surface area contributed by atoms with E-state index in [1.807, 2.05) is 51.1 Å². The van der Waals surface area contributed by atoms with Crippen LogP contribution in [0.25, 0.3) is 0 Å². The highest BCUT2D eigenvalue weighted by atomic mass is 16.5. The second kappa shape index (κ2) is 5.43. The summed E-state index contributed by atoms with van der Waals surface area (Å²) in [6.07, 6.45) is 0.645. The van der Waals surface area contributed by atoms with Gasteiger partial charge in [-0.2, -0.15) is 0 Å². The molecule has 0 bridgehead atoms. The lowest BCUT2D eigenvalue weighted by Crippen LogP contribution is -2.39. The molecule has 1 aromatic rings. The molecule has 3 nitrogen and oxygen atoms in total. The van der Waals surface area contributed by atoms with E-state index in [0.29, 0.717) is 12.0 Å². The van der Waals surface area contributed by atoms with Crippen LogP contribution in [0.5, 0.6) is 0 Å². The van der Waals surface area contributed by atoms with E-state index < -0.39 is 11.7 Å². The molecule has 104 valence electrons. The van der Waals surface area contributed by atoms with E-state index in [0.717, 1.165) is 6.42 Å². The second-order valence-electron chi connectivity index (χ2n) is 5.86. The van der Waals surface area contributed by atoms with Gasteiger partial charge in [0.1, 0.15) is 5.60 Å². The van der Waals surface area contributed by atoms with Gasteiger partial charge in [-0.3, -0.25) is 4.79 Å². The van der Waals surface area contributed by atoms with Gasteiger partial charge < -0.3 is 9.84 Å². The Labute approximate surface area is 114 Å². The summed E-state index contributed by atoms with van der Waals surface area (Å²) in [5, 5.41) is 10.1. The molecule has 1 fully saturated rings. The monoisotopic (exact) mass is 262 g/mol. The van der Waals surface area contributed by atoms with E-state index >= 15 is 0 Å². The van der Waals surface area contributed by atoms with E-state index in [2.05, 4.69) is 0 Å². The van der Waals surface area contributed by atoms with Gasteiger partial charge in [-0.05, 0) is 25.7 Å². The van der Waals surface area contributed by atoms with Crippen LogP contribution < -0.4 is 0 Å². The molecule has 1 N–H and O–H groups in total. The van der Waals surface area contributed by atoms with Gasteiger partial charge in [0.15, 0.2) is 5.78 Å². The lowest BCUT2D eigenvalue weighted by Gasteiger charge is -2.27. The highest BCUT2D eigenvalue weighted by Crippen LogP contribution is 2.35. The number of aliphatic hydroxyl groups is 1. The summed E-state index contributed by atoms with van der Waals surface area (Å²) in [6.45, 7) is 5.75. The van der Waals surface area contributed by atoms with Crippen LogP contribution in [-0.2, 0) is 4.74 Å². The van der Waals surface area contributed by atoms with Crippen LogP contribution >= 0.6 is 0 Å². The zero-order chi connectivity index (χ0) is 14.0.